The highest BCUT2D eigenvalue weighted by atomic mass is 19.4. The van der Waals surface area contributed by atoms with Gasteiger partial charge in [-0.25, -0.2) is 9.59 Å². The summed E-state index contributed by atoms with van der Waals surface area (Å²) in [6, 6.07) is 0.0618. The summed E-state index contributed by atoms with van der Waals surface area (Å²) < 4.78 is 94.8. The van der Waals surface area contributed by atoms with Gasteiger partial charge in [-0.3, -0.25) is 4.79 Å². The van der Waals surface area contributed by atoms with Crippen molar-refractivity contribution in [1.82, 2.24) is 0 Å². The molecule has 170 valence electrons. The van der Waals surface area contributed by atoms with Crippen molar-refractivity contribution >= 4 is 23.4 Å². The molecule has 0 aromatic heterocycles. The molecule has 1 aliphatic rings. The number of nitrogens with zero attached hydrogens (tertiary/aromatic N) is 1. The molecule has 0 amide bonds. The van der Waals surface area contributed by atoms with Crippen molar-refractivity contribution in [1.29, 1.82) is 0 Å². The van der Waals surface area contributed by atoms with E-state index < -0.39 is 77.1 Å². The molecule has 0 atom stereocenters. The molecule has 0 saturated heterocycles. The van der Waals surface area contributed by atoms with Crippen molar-refractivity contribution in [3.05, 3.63) is 40.1 Å². The van der Waals surface area contributed by atoms with Crippen molar-refractivity contribution in [2.45, 2.75) is 19.3 Å². The summed E-state index contributed by atoms with van der Waals surface area (Å²) in [5.41, 5.74) is -6.89. The predicted molar refractivity (Wildman–Crippen MR) is 90.8 cm³/mol. The van der Waals surface area contributed by atoms with E-state index in [1.165, 1.54) is 0 Å². The molecule has 31 heavy (non-hydrogen) atoms. The molecule has 0 radical (unpaired) electrons. The number of carbonyl (C=O) groups excluding carboxylic acids is 3. The molecule has 1 heterocycles. The van der Waals surface area contributed by atoms with Gasteiger partial charge in [0.2, 0.25) is 0 Å². The first-order chi connectivity index (χ1) is 14.2. The minimum absolute atomic E-state index is 0.201. The Morgan fingerprint density at radius 2 is 1.55 bits per heavy atom. The standard InChI is InChI=1S/C18H15F6NO6/c1-8(26)13-11(18(22,23)24)4-9(17(19,20)21)5-12(13)25-7-31-6-10(15(27)29-2)14(25)16(28)30-3/h4-5H,6-7H2,1-3H3. The summed E-state index contributed by atoms with van der Waals surface area (Å²) in [7, 11) is 1.83. The van der Waals surface area contributed by atoms with Crippen LogP contribution >= 0.6 is 0 Å². The Labute approximate surface area is 171 Å². The van der Waals surface area contributed by atoms with Gasteiger partial charge in [0.25, 0.3) is 0 Å². The largest absolute Gasteiger partial charge is 0.466 e. The summed E-state index contributed by atoms with van der Waals surface area (Å²) >= 11 is 0. The van der Waals surface area contributed by atoms with Crippen molar-refractivity contribution in [2.75, 3.05) is 32.5 Å². The summed E-state index contributed by atoms with van der Waals surface area (Å²) in [5.74, 6) is -3.62. The first kappa shape index (κ1) is 24.2. The number of hydrogen-bond donors (Lipinski definition) is 0. The Kier molecular flexibility index (Phi) is 6.69. The summed E-state index contributed by atoms with van der Waals surface area (Å²) in [6.07, 6.45) is -10.6. The number of halogens is 6. The highest BCUT2D eigenvalue weighted by Crippen LogP contribution is 2.43. The zero-order valence-electron chi connectivity index (χ0n) is 16.2. The topological polar surface area (TPSA) is 82.1 Å². The quantitative estimate of drug-likeness (QED) is 0.391. The van der Waals surface area contributed by atoms with Gasteiger partial charge in [-0.15, -0.1) is 0 Å². The Bertz CT molecular complexity index is 950. The highest BCUT2D eigenvalue weighted by Gasteiger charge is 2.43. The Hall–Kier alpha value is -3.09. The minimum Gasteiger partial charge on any atom is -0.466 e. The number of alkyl halides is 6. The number of rotatable bonds is 4. The molecule has 0 bridgehead atoms. The average Bonchev–Trinajstić information content (AvgIpc) is 2.69. The van der Waals surface area contributed by atoms with Crippen molar-refractivity contribution in [3.8, 4) is 0 Å². The smallest absolute Gasteiger partial charge is 0.417 e. The fourth-order valence-electron chi connectivity index (χ4n) is 2.93. The van der Waals surface area contributed by atoms with Crippen LogP contribution in [0.1, 0.15) is 28.4 Å². The van der Waals surface area contributed by atoms with Crippen LogP contribution in [0.5, 0.6) is 0 Å². The van der Waals surface area contributed by atoms with E-state index >= 15 is 0 Å². The molecular formula is C18H15F6NO6. The lowest BCUT2D eigenvalue weighted by Crippen LogP contribution is -2.40. The Morgan fingerprint density at radius 3 is 2.00 bits per heavy atom. The Balaban J connectivity index is 2.96. The molecule has 0 unspecified atom stereocenters. The lowest BCUT2D eigenvalue weighted by Gasteiger charge is -2.33. The van der Waals surface area contributed by atoms with Crippen LogP contribution in [0, 0.1) is 0 Å². The maximum absolute atomic E-state index is 13.6. The third kappa shape index (κ3) is 4.81. The number of anilines is 1. The molecule has 0 N–H and O–H groups in total. The van der Waals surface area contributed by atoms with Gasteiger partial charge in [-0.2, -0.15) is 26.3 Å². The molecule has 1 aromatic carbocycles. The van der Waals surface area contributed by atoms with E-state index in [1.54, 1.807) is 0 Å². The maximum Gasteiger partial charge on any atom is 0.417 e. The van der Waals surface area contributed by atoms with Crippen LogP contribution in [0.2, 0.25) is 0 Å². The second-order valence-corrected chi connectivity index (χ2v) is 6.19. The number of methoxy groups -OCH3 is 2. The van der Waals surface area contributed by atoms with Crippen molar-refractivity contribution < 1.29 is 54.9 Å². The average molecular weight is 455 g/mol. The molecule has 0 spiro atoms. The Morgan fingerprint density at radius 1 is 0.968 bits per heavy atom. The lowest BCUT2D eigenvalue weighted by atomic mass is 9.96. The maximum atomic E-state index is 13.6. The van der Waals surface area contributed by atoms with Crippen LogP contribution in [-0.2, 0) is 36.2 Å². The molecule has 0 fully saturated rings. The van der Waals surface area contributed by atoms with Crippen LogP contribution < -0.4 is 4.90 Å². The van der Waals surface area contributed by atoms with Gasteiger partial charge in [0.05, 0.1) is 48.8 Å². The van der Waals surface area contributed by atoms with Gasteiger partial charge in [-0.1, -0.05) is 0 Å². The first-order valence-corrected chi connectivity index (χ1v) is 8.32. The molecular weight excluding hydrogens is 440 g/mol. The summed E-state index contributed by atoms with van der Waals surface area (Å²) in [5, 5.41) is 0. The molecule has 7 nitrogen and oxygen atoms in total. The number of esters is 2. The minimum atomic E-state index is -5.34. The summed E-state index contributed by atoms with van der Waals surface area (Å²) in [6.45, 7) is -0.563. The summed E-state index contributed by atoms with van der Waals surface area (Å²) in [4.78, 5) is 37.0. The normalized spacial score (nSPS) is 15.1. The van der Waals surface area contributed by atoms with Gasteiger partial charge in [0, 0.05) is 0 Å². The van der Waals surface area contributed by atoms with Gasteiger partial charge in [-0.05, 0) is 19.1 Å². The molecule has 13 heteroatoms. The van der Waals surface area contributed by atoms with E-state index in [4.69, 9.17) is 4.74 Å². The van der Waals surface area contributed by atoms with E-state index in [0.717, 1.165) is 21.1 Å². The van der Waals surface area contributed by atoms with E-state index in [9.17, 15) is 40.7 Å². The van der Waals surface area contributed by atoms with Crippen molar-refractivity contribution in [3.63, 3.8) is 0 Å². The van der Waals surface area contributed by atoms with Crippen molar-refractivity contribution in [2.24, 2.45) is 0 Å². The SMILES string of the molecule is COC(=O)C1=C(C(=O)OC)N(c2cc(C(F)(F)F)cc(C(F)(F)F)c2C(C)=O)COC1. The van der Waals surface area contributed by atoms with E-state index in [2.05, 4.69) is 9.47 Å². The second-order valence-electron chi connectivity index (χ2n) is 6.19. The number of Topliss-reactive ketones (excluding diaryl/α,β-unsaturated/α-hetero) is 1. The van der Waals surface area contributed by atoms with Crippen LogP contribution in [0.15, 0.2) is 23.4 Å². The van der Waals surface area contributed by atoms with Gasteiger partial charge >= 0.3 is 24.3 Å². The van der Waals surface area contributed by atoms with Gasteiger partial charge in [0.15, 0.2) is 5.78 Å². The van der Waals surface area contributed by atoms with Crippen LogP contribution in [0.3, 0.4) is 0 Å². The third-order valence-corrected chi connectivity index (χ3v) is 4.23. The number of ketones is 1. The molecule has 1 aromatic rings. The second kappa shape index (κ2) is 8.57. The number of carbonyl (C=O) groups is 3. The van der Waals surface area contributed by atoms with Gasteiger partial charge < -0.3 is 19.1 Å². The van der Waals surface area contributed by atoms with Crippen LogP contribution in [-0.4, -0.2) is 45.3 Å². The molecule has 0 saturated carbocycles. The first-order valence-electron chi connectivity index (χ1n) is 8.32. The fourth-order valence-corrected chi connectivity index (χ4v) is 2.93. The van der Waals surface area contributed by atoms with E-state index in [0.29, 0.717) is 4.90 Å². The number of benzene rings is 1. The highest BCUT2D eigenvalue weighted by molar-refractivity contribution is 6.07. The lowest BCUT2D eigenvalue weighted by molar-refractivity contribution is -0.143. The van der Waals surface area contributed by atoms with E-state index in [1.807, 2.05) is 0 Å². The van der Waals surface area contributed by atoms with E-state index in [-0.39, 0.29) is 12.1 Å². The molecule has 0 aliphatic carbocycles. The zero-order valence-corrected chi connectivity index (χ0v) is 16.2. The molecule has 2 rings (SSSR count). The fraction of sp³-hybridized carbons (Fsp3) is 0.389. The number of ether oxygens (including phenoxy) is 3. The zero-order chi connectivity index (χ0) is 23.7. The van der Waals surface area contributed by atoms with Gasteiger partial charge in [0.1, 0.15) is 12.4 Å². The van der Waals surface area contributed by atoms with Crippen LogP contribution in [0.25, 0.3) is 0 Å². The monoisotopic (exact) mass is 455 g/mol. The third-order valence-electron chi connectivity index (χ3n) is 4.23. The number of hydrogen-bond acceptors (Lipinski definition) is 7. The van der Waals surface area contributed by atoms with Crippen LogP contribution in [0.4, 0.5) is 32.0 Å². The molecule has 1 aliphatic heterocycles. The predicted octanol–water partition coefficient (Wildman–Crippen LogP) is 3.32.